The number of nitrogens with zero attached hydrogens (tertiary/aromatic N) is 1. The van der Waals surface area contributed by atoms with Crippen LogP contribution in [0.3, 0.4) is 0 Å². The average Bonchev–Trinajstić information content (AvgIpc) is 3.62. The molecule has 1 fully saturated rings. The van der Waals surface area contributed by atoms with Crippen LogP contribution in [0.5, 0.6) is 0 Å². The summed E-state index contributed by atoms with van der Waals surface area (Å²) in [5.41, 5.74) is 5.09. The summed E-state index contributed by atoms with van der Waals surface area (Å²) in [5.74, 6) is -2.53. The van der Waals surface area contributed by atoms with Gasteiger partial charge in [0, 0.05) is 37.7 Å². The summed E-state index contributed by atoms with van der Waals surface area (Å²) >= 11 is 2.83. The molecule has 9 nitrogen and oxygen atoms in total. The third-order valence-electron chi connectivity index (χ3n) is 6.45. The van der Waals surface area contributed by atoms with Gasteiger partial charge >= 0.3 is 11.9 Å². The minimum Gasteiger partial charge on any atom is -0.460 e. The Bertz CT molecular complexity index is 1100. The van der Waals surface area contributed by atoms with Crippen molar-refractivity contribution in [2.45, 2.75) is 52.4 Å². The van der Waals surface area contributed by atoms with Crippen LogP contribution >= 0.6 is 15.9 Å². The van der Waals surface area contributed by atoms with Crippen molar-refractivity contribution in [1.29, 1.82) is 0 Å². The molecule has 5 rings (SSSR count). The van der Waals surface area contributed by atoms with Gasteiger partial charge in [-0.2, -0.15) is 0 Å². The van der Waals surface area contributed by atoms with Gasteiger partial charge in [-0.15, -0.1) is 0 Å². The summed E-state index contributed by atoms with van der Waals surface area (Å²) in [4.78, 5) is 45.7. The van der Waals surface area contributed by atoms with Crippen LogP contribution in [-0.2, 0) is 46.2 Å². The summed E-state index contributed by atoms with van der Waals surface area (Å²) in [6.45, 7) is 7.88. The van der Waals surface area contributed by atoms with E-state index in [9.17, 15) is 19.2 Å². The molecule has 3 aliphatic heterocycles. The molecule has 3 aliphatic rings. The van der Waals surface area contributed by atoms with Gasteiger partial charge in [-0.05, 0) is 75.6 Å². The normalized spacial score (nSPS) is 14.4. The number of carbonyl (C=O) groups is 4. The predicted molar refractivity (Wildman–Crippen MR) is 167 cm³/mol. The van der Waals surface area contributed by atoms with Crippen molar-refractivity contribution in [2.24, 2.45) is 0 Å². The molecule has 1 saturated heterocycles. The number of para-hydroxylation sites is 2. The van der Waals surface area contributed by atoms with Gasteiger partial charge in [-0.1, -0.05) is 52.3 Å². The van der Waals surface area contributed by atoms with E-state index in [0.29, 0.717) is 0 Å². The molecule has 0 aromatic heterocycles. The van der Waals surface area contributed by atoms with Gasteiger partial charge in [-0.25, -0.2) is 9.59 Å². The van der Waals surface area contributed by atoms with Crippen molar-refractivity contribution in [3.8, 4) is 0 Å². The highest BCUT2D eigenvalue weighted by Crippen LogP contribution is 2.26. The number of nitrogens with one attached hydrogen (secondary N) is 1. The Kier molecular flexibility index (Phi) is 17.2. The molecule has 0 unspecified atom stereocenters. The minimum atomic E-state index is -0.769. The number of rotatable bonds is 7. The SMILES string of the molecule is C1CCOC1.CCOC(=O)C(=O)CBr.CCOC(=O)C(=O)CN1CCCc2ccccc21.c1ccc2c(c1)CCCN2. The van der Waals surface area contributed by atoms with E-state index < -0.39 is 23.5 Å². The first-order valence-corrected chi connectivity index (χ1v) is 15.7. The van der Waals surface area contributed by atoms with E-state index in [0.717, 1.165) is 44.8 Å². The van der Waals surface area contributed by atoms with E-state index in [1.807, 2.05) is 23.1 Å². The number of aryl methyl sites for hydroxylation is 2. The number of carbonyl (C=O) groups excluding carboxylic acids is 4. The second-order valence-electron chi connectivity index (χ2n) is 9.58. The molecule has 0 bridgehead atoms. The average molecular weight is 648 g/mol. The number of benzene rings is 2. The van der Waals surface area contributed by atoms with Gasteiger partial charge in [0.1, 0.15) is 0 Å². The molecule has 0 aliphatic carbocycles. The molecule has 2 aromatic carbocycles. The molecule has 2 aromatic rings. The number of Topliss-reactive ketones (excluding diaryl/α,β-unsaturated/α-hetero) is 2. The second kappa shape index (κ2) is 20.6. The summed E-state index contributed by atoms with van der Waals surface area (Å²) in [6, 6.07) is 16.5. The summed E-state index contributed by atoms with van der Waals surface area (Å²) in [6.07, 6.45) is 7.10. The third kappa shape index (κ3) is 12.7. The van der Waals surface area contributed by atoms with Crippen molar-refractivity contribution in [2.75, 3.05) is 61.6 Å². The third-order valence-corrected chi connectivity index (χ3v) is 6.96. The van der Waals surface area contributed by atoms with Gasteiger partial charge in [0.05, 0.1) is 25.1 Å². The first-order valence-electron chi connectivity index (χ1n) is 14.6. The van der Waals surface area contributed by atoms with E-state index in [4.69, 9.17) is 9.47 Å². The number of esters is 2. The molecular weight excluding hydrogens is 604 g/mol. The van der Waals surface area contributed by atoms with Crippen LogP contribution in [0, 0.1) is 0 Å². The van der Waals surface area contributed by atoms with Crippen LogP contribution in [0.1, 0.15) is 50.7 Å². The summed E-state index contributed by atoms with van der Waals surface area (Å²) in [7, 11) is 0. The van der Waals surface area contributed by atoms with Gasteiger partial charge in [0.2, 0.25) is 5.78 Å². The number of hydrogen-bond acceptors (Lipinski definition) is 9. The minimum absolute atomic E-state index is 0.0336. The largest absolute Gasteiger partial charge is 0.460 e. The Labute approximate surface area is 257 Å². The van der Waals surface area contributed by atoms with Crippen molar-refractivity contribution < 1.29 is 33.4 Å². The van der Waals surface area contributed by atoms with Crippen LogP contribution in [0.25, 0.3) is 0 Å². The number of ether oxygens (including phenoxy) is 3. The van der Waals surface area contributed by atoms with Crippen molar-refractivity contribution in [1.82, 2.24) is 0 Å². The second-order valence-corrected chi connectivity index (χ2v) is 10.1. The zero-order valence-electron chi connectivity index (χ0n) is 24.7. The van der Waals surface area contributed by atoms with Crippen molar-refractivity contribution >= 4 is 50.8 Å². The summed E-state index contributed by atoms with van der Waals surface area (Å²) in [5, 5.41) is 3.40. The van der Waals surface area contributed by atoms with Crippen LogP contribution in [0.2, 0.25) is 0 Å². The van der Waals surface area contributed by atoms with Crippen molar-refractivity contribution in [3.05, 3.63) is 59.7 Å². The first-order chi connectivity index (χ1) is 20.4. The zero-order chi connectivity index (χ0) is 30.6. The number of fused-ring (bicyclic) bond motifs is 2. The molecule has 230 valence electrons. The number of ketones is 2. The number of anilines is 2. The van der Waals surface area contributed by atoms with E-state index in [1.165, 1.54) is 42.5 Å². The lowest BCUT2D eigenvalue weighted by Gasteiger charge is -2.30. The van der Waals surface area contributed by atoms with Gasteiger partial charge in [0.25, 0.3) is 5.78 Å². The lowest BCUT2D eigenvalue weighted by atomic mass is 10.0. The van der Waals surface area contributed by atoms with E-state index in [2.05, 4.69) is 56.3 Å². The highest BCUT2D eigenvalue weighted by atomic mass is 79.9. The van der Waals surface area contributed by atoms with E-state index in [1.54, 1.807) is 13.8 Å². The molecule has 0 amide bonds. The van der Waals surface area contributed by atoms with Crippen LogP contribution in [0.15, 0.2) is 48.5 Å². The highest BCUT2D eigenvalue weighted by molar-refractivity contribution is 9.09. The van der Waals surface area contributed by atoms with E-state index in [-0.39, 0.29) is 25.1 Å². The standard InChI is InChI=1S/C14H17NO3.C9H11N.C5H7BrO3.C4H8O/c1-2-18-14(17)13(16)10-15-9-5-7-11-6-3-4-8-12(11)15;1-2-6-9-8(4-1)5-3-7-10-9;1-2-9-5(8)4(7)3-6;1-2-4-5-3-1/h3-4,6,8H,2,5,7,9-10H2,1H3;1-2,4,6,10H,3,5,7H2;2-3H2,1H3;1-4H2. The lowest BCUT2D eigenvalue weighted by molar-refractivity contribution is -0.152. The molecule has 0 spiro atoms. The maximum absolute atomic E-state index is 11.7. The van der Waals surface area contributed by atoms with Gasteiger partial charge in [0.15, 0.2) is 0 Å². The zero-order valence-corrected chi connectivity index (χ0v) is 26.3. The Morgan fingerprint density at radius 2 is 1.40 bits per heavy atom. The molecular formula is C32H43BrN2O7. The number of alkyl halides is 1. The fourth-order valence-corrected chi connectivity index (χ4v) is 4.64. The number of hydrogen-bond donors (Lipinski definition) is 1. The number of halogens is 1. The molecule has 42 heavy (non-hydrogen) atoms. The van der Waals surface area contributed by atoms with E-state index >= 15 is 0 Å². The predicted octanol–water partition coefficient (Wildman–Crippen LogP) is 4.93. The maximum atomic E-state index is 11.7. The first kappa shape index (κ1) is 35.0. The summed E-state index contributed by atoms with van der Waals surface area (Å²) < 4.78 is 14.0. The van der Waals surface area contributed by atoms with Gasteiger partial charge in [-0.3, -0.25) is 9.59 Å². The maximum Gasteiger partial charge on any atom is 0.376 e. The fourth-order valence-electron chi connectivity index (χ4n) is 4.41. The topological polar surface area (TPSA) is 111 Å². The van der Waals surface area contributed by atoms with Crippen LogP contribution < -0.4 is 10.2 Å². The Morgan fingerprint density at radius 1 is 0.810 bits per heavy atom. The molecule has 0 atom stereocenters. The molecule has 1 N–H and O–H groups in total. The smallest absolute Gasteiger partial charge is 0.376 e. The van der Waals surface area contributed by atoms with Crippen LogP contribution in [-0.4, -0.2) is 74.9 Å². The molecule has 0 saturated carbocycles. The molecule has 3 heterocycles. The monoisotopic (exact) mass is 646 g/mol. The Morgan fingerprint density at radius 3 is 2.00 bits per heavy atom. The Balaban J connectivity index is 0.000000217. The van der Waals surface area contributed by atoms with Crippen molar-refractivity contribution in [3.63, 3.8) is 0 Å². The fraction of sp³-hybridized carbons (Fsp3) is 0.500. The quantitative estimate of drug-likeness (QED) is 0.254. The highest BCUT2D eigenvalue weighted by Gasteiger charge is 2.22. The molecule has 0 radical (unpaired) electrons. The van der Waals surface area contributed by atoms with Crippen LogP contribution in [0.4, 0.5) is 11.4 Å². The van der Waals surface area contributed by atoms with Gasteiger partial charge < -0.3 is 24.4 Å². The molecule has 10 heteroatoms. The lowest BCUT2D eigenvalue weighted by Crippen LogP contribution is -2.37. The Hall–Kier alpha value is -3.24.